The summed E-state index contributed by atoms with van der Waals surface area (Å²) in [6.45, 7) is 1.89. The normalized spacial score (nSPS) is 10.1. The molecule has 1 amide bonds. The van der Waals surface area contributed by atoms with E-state index in [0.717, 1.165) is 11.5 Å². The first-order chi connectivity index (χ1) is 9.15. The van der Waals surface area contributed by atoms with Crippen LogP contribution in [0, 0.1) is 0 Å². The summed E-state index contributed by atoms with van der Waals surface area (Å²) in [4.78, 5) is 12.9. The molecular weight excluding hydrogens is 244 g/mol. The van der Waals surface area contributed by atoms with E-state index in [4.69, 9.17) is 9.47 Å². The number of hydrogen-bond acceptors (Lipinski definition) is 4. The Morgan fingerprint density at radius 3 is 2.53 bits per heavy atom. The van der Waals surface area contributed by atoms with Crippen LogP contribution in [0.15, 0.2) is 24.3 Å². The van der Waals surface area contributed by atoms with Gasteiger partial charge in [0.05, 0.1) is 7.11 Å². The fraction of sp³-hybridized carbons (Fsp3) is 0.500. The van der Waals surface area contributed by atoms with Gasteiger partial charge in [-0.1, -0.05) is 12.1 Å². The minimum absolute atomic E-state index is 0.123. The molecule has 0 unspecified atom stereocenters. The number of carbonyl (C=O) groups is 1. The van der Waals surface area contributed by atoms with Gasteiger partial charge in [0.1, 0.15) is 6.61 Å². The lowest BCUT2D eigenvalue weighted by Gasteiger charge is -2.12. The number of ether oxygens (including phenoxy) is 2. The van der Waals surface area contributed by atoms with Gasteiger partial charge >= 0.3 is 0 Å². The van der Waals surface area contributed by atoms with Gasteiger partial charge in [0.2, 0.25) is 5.91 Å². The molecule has 19 heavy (non-hydrogen) atoms. The highest BCUT2D eigenvalue weighted by Gasteiger charge is 2.03. The Morgan fingerprint density at radius 2 is 1.89 bits per heavy atom. The summed E-state index contributed by atoms with van der Waals surface area (Å²) >= 11 is 0. The Morgan fingerprint density at radius 1 is 1.21 bits per heavy atom. The lowest BCUT2D eigenvalue weighted by Crippen LogP contribution is -2.28. The molecule has 5 nitrogen and oxygen atoms in total. The smallest absolute Gasteiger partial charge is 0.223 e. The fourth-order valence-corrected chi connectivity index (χ4v) is 1.52. The Balaban J connectivity index is 2.16. The molecule has 0 aliphatic rings. The van der Waals surface area contributed by atoms with Crippen molar-refractivity contribution >= 4 is 5.91 Å². The molecule has 0 saturated heterocycles. The van der Waals surface area contributed by atoms with Crippen molar-refractivity contribution in [3.8, 4) is 11.5 Å². The highest BCUT2D eigenvalue weighted by molar-refractivity contribution is 5.75. The average Bonchev–Trinajstić information content (AvgIpc) is 2.42. The highest BCUT2D eigenvalue weighted by Crippen LogP contribution is 2.25. The van der Waals surface area contributed by atoms with Crippen LogP contribution in [0.1, 0.15) is 6.42 Å². The molecule has 0 radical (unpaired) electrons. The second-order valence-electron chi connectivity index (χ2n) is 4.29. The van der Waals surface area contributed by atoms with Gasteiger partial charge in [-0.05, 0) is 12.1 Å². The summed E-state index contributed by atoms with van der Waals surface area (Å²) in [5, 5.41) is 3.17. The molecule has 1 aromatic carbocycles. The molecule has 0 aliphatic carbocycles. The molecule has 0 saturated carbocycles. The third-order valence-electron chi connectivity index (χ3n) is 2.62. The summed E-state index contributed by atoms with van der Waals surface area (Å²) in [5.74, 6) is 1.58. The second kappa shape index (κ2) is 8.37. The third-order valence-corrected chi connectivity index (χ3v) is 2.62. The zero-order valence-electron chi connectivity index (χ0n) is 11.8. The number of carbonyl (C=O) groups excluding carboxylic acids is 1. The number of benzene rings is 1. The number of hydrogen-bond donors (Lipinski definition) is 1. The van der Waals surface area contributed by atoms with Gasteiger partial charge < -0.3 is 19.7 Å². The monoisotopic (exact) mass is 266 g/mol. The van der Waals surface area contributed by atoms with Crippen molar-refractivity contribution in [2.75, 3.05) is 40.9 Å². The largest absolute Gasteiger partial charge is 0.493 e. The Bertz CT molecular complexity index is 394. The first-order valence-corrected chi connectivity index (χ1v) is 6.32. The second-order valence-corrected chi connectivity index (χ2v) is 4.29. The summed E-state index contributed by atoms with van der Waals surface area (Å²) in [5.41, 5.74) is 0. The van der Waals surface area contributed by atoms with E-state index >= 15 is 0 Å². The minimum Gasteiger partial charge on any atom is -0.493 e. The van der Waals surface area contributed by atoms with Gasteiger partial charge in [0.15, 0.2) is 11.5 Å². The standard InChI is InChI=1S/C14H22N2O3/c1-16(2)14(17)8-9-15-10-11-19-13-7-5-4-6-12(13)18-3/h4-7,15H,8-11H2,1-3H3. The van der Waals surface area contributed by atoms with E-state index in [-0.39, 0.29) is 5.91 Å². The van der Waals surface area contributed by atoms with Crippen molar-refractivity contribution in [2.45, 2.75) is 6.42 Å². The van der Waals surface area contributed by atoms with Crippen LogP contribution in [0.3, 0.4) is 0 Å². The fourth-order valence-electron chi connectivity index (χ4n) is 1.52. The maximum atomic E-state index is 11.3. The van der Waals surface area contributed by atoms with E-state index in [0.29, 0.717) is 26.1 Å². The van der Waals surface area contributed by atoms with Crippen molar-refractivity contribution in [1.82, 2.24) is 10.2 Å². The quantitative estimate of drug-likeness (QED) is 0.717. The maximum Gasteiger partial charge on any atom is 0.223 e. The molecule has 0 spiro atoms. The molecule has 1 N–H and O–H groups in total. The van der Waals surface area contributed by atoms with Crippen molar-refractivity contribution in [1.29, 1.82) is 0 Å². The van der Waals surface area contributed by atoms with Gasteiger partial charge in [-0.15, -0.1) is 0 Å². The summed E-state index contributed by atoms with van der Waals surface area (Å²) < 4.78 is 10.8. The van der Waals surface area contributed by atoms with Crippen LogP contribution < -0.4 is 14.8 Å². The first-order valence-electron chi connectivity index (χ1n) is 6.32. The summed E-state index contributed by atoms with van der Waals surface area (Å²) in [7, 11) is 5.13. The molecule has 5 heteroatoms. The predicted molar refractivity (Wildman–Crippen MR) is 74.7 cm³/mol. The number of rotatable bonds is 8. The van der Waals surface area contributed by atoms with Crippen LogP contribution in [0.4, 0.5) is 0 Å². The molecule has 0 aliphatic heterocycles. The molecular formula is C14H22N2O3. The van der Waals surface area contributed by atoms with Crippen LogP contribution in [0.25, 0.3) is 0 Å². The van der Waals surface area contributed by atoms with Crippen molar-refractivity contribution < 1.29 is 14.3 Å². The number of methoxy groups -OCH3 is 1. The van der Waals surface area contributed by atoms with E-state index < -0.39 is 0 Å². The van der Waals surface area contributed by atoms with E-state index in [9.17, 15) is 4.79 Å². The van der Waals surface area contributed by atoms with Crippen LogP contribution in [-0.4, -0.2) is 51.7 Å². The summed E-state index contributed by atoms with van der Waals surface area (Å²) in [6, 6.07) is 7.53. The average molecular weight is 266 g/mol. The van der Waals surface area contributed by atoms with Crippen molar-refractivity contribution in [3.63, 3.8) is 0 Å². The zero-order chi connectivity index (χ0) is 14.1. The van der Waals surface area contributed by atoms with Gasteiger partial charge in [-0.3, -0.25) is 4.79 Å². The van der Waals surface area contributed by atoms with Gasteiger partial charge in [0.25, 0.3) is 0 Å². The van der Waals surface area contributed by atoms with Gasteiger partial charge in [0, 0.05) is 33.6 Å². The van der Waals surface area contributed by atoms with Crippen molar-refractivity contribution in [3.05, 3.63) is 24.3 Å². The Labute approximate surface area is 114 Å². The number of para-hydroxylation sites is 2. The number of amides is 1. The van der Waals surface area contributed by atoms with E-state index in [1.165, 1.54) is 0 Å². The Kier molecular flexibility index (Phi) is 6.74. The molecule has 0 atom stereocenters. The lowest BCUT2D eigenvalue weighted by molar-refractivity contribution is -0.128. The number of nitrogens with zero attached hydrogens (tertiary/aromatic N) is 1. The van der Waals surface area contributed by atoms with Crippen LogP contribution in [0.2, 0.25) is 0 Å². The van der Waals surface area contributed by atoms with Crippen molar-refractivity contribution in [2.24, 2.45) is 0 Å². The van der Waals surface area contributed by atoms with E-state index in [1.807, 2.05) is 24.3 Å². The highest BCUT2D eigenvalue weighted by atomic mass is 16.5. The van der Waals surface area contributed by atoms with Gasteiger partial charge in [-0.25, -0.2) is 0 Å². The minimum atomic E-state index is 0.123. The topological polar surface area (TPSA) is 50.8 Å². The molecule has 106 valence electrons. The molecule has 0 fully saturated rings. The van der Waals surface area contributed by atoms with Crippen LogP contribution >= 0.6 is 0 Å². The number of nitrogens with one attached hydrogen (secondary N) is 1. The zero-order valence-corrected chi connectivity index (χ0v) is 11.8. The molecule has 0 aromatic heterocycles. The summed E-state index contributed by atoms with van der Waals surface area (Å²) in [6.07, 6.45) is 0.502. The third kappa shape index (κ3) is 5.61. The van der Waals surface area contributed by atoms with Gasteiger partial charge in [-0.2, -0.15) is 0 Å². The van der Waals surface area contributed by atoms with E-state index in [2.05, 4.69) is 5.32 Å². The van der Waals surface area contributed by atoms with E-state index in [1.54, 1.807) is 26.1 Å². The molecule has 0 heterocycles. The molecule has 1 rings (SSSR count). The SMILES string of the molecule is COc1ccccc1OCCNCCC(=O)N(C)C. The first kappa shape index (κ1) is 15.3. The Hall–Kier alpha value is -1.75. The molecule has 0 bridgehead atoms. The van der Waals surface area contributed by atoms with Crippen LogP contribution in [0.5, 0.6) is 11.5 Å². The van der Waals surface area contributed by atoms with Crippen LogP contribution in [-0.2, 0) is 4.79 Å². The predicted octanol–water partition coefficient (Wildman–Crippen LogP) is 1.14. The maximum absolute atomic E-state index is 11.3. The molecule has 1 aromatic rings. The lowest BCUT2D eigenvalue weighted by atomic mass is 10.3.